The molecule has 0 saturated heterocycles. The standard InChI is InChI=1S/C22H18N6O/c23-9-10-27-13-16(14-5-2-4-8-19(14)27)21-18(11-24)26-22(29)28(21)20-12-25-17-7-3-1-6-15(17)20/h1-8,12-13,25H,9-10,23H2,(H,26,29). The van der Waals surface area contributed by atoms with E-state index in [4.69, 9.17) is 5.73 Å². The Bertz CT molecular complexity index is 1460. The summed E-state index contributed by atoms with van der Waals surface area (Å²) in [6, 6.07) is 17.8. The quantitative estimate of drug-likeness (QED) is 0.444. The predicted octanol–water partition coefficient (Wildman–Crippen LogP) is 3.10. The molecule has 3 heterocycles. The van der Waals surface area contributed by atoms with Crippen LogP contribution in [0.3, 0.4) is 0 Å². The number of nitrogens with two attached hydrogens (primary N) is 1. The number of fused-ring (bicyclic) bond motifs is 2. The summed E-state index contributed by atoms with van der Waals surface area (Å²) < 4.78 is 3.63. The van der Waals surface area contributed by atoms with Crippen LogP contribution < -0.4 is 11.4 Å². The molecule has 0 spiro atoms. The van der Waals surface area contributed by atoms with Gasteiger partial charge in [0.25, 0.3) is 0 Å². The molecule has 5 aromatic rings. The highest BCUT2D eigenvalue weighted by Gasteiger charge is 2.22. The molecule has 0 aliphatic carbocycles. The third-order valence-electron chi connectivity index (χ3n) is 5.23. The average Bonchev–Trinajstić information content (AvgIpc) is 3.41. The van der Waals surface area contributed by atoms with Crippen molar-refractivity contribution in [3.05, 3.63) is 77.1 Å². The van der Waals surface area contributed by atoms with Crippen molar-refractivity contribution in [3.8, 4) is 23.0 Å². The van der Waals surface area contributed by atoms with Gasteiger partial charge < -0.3 is 15.3 Å². The highest BCUT2D eigenvalue weighted by Crippen LogP contribution is 2.34. The summed E-state index contributed by atoms with van der Waals surface area (Å²) in [5.41, 5.74) is 9.67. The van der Waals surface area contributed by atoms with Crippen LogP contribution in [0.2, 0.25) is 0 Å². The first kappa shape index (κ1) is 17.1. The van der Waals surface area contributed by atoms with Crippen molar-refractivity contribution >= 4 is 21.8 Å². The van der Waals surface area contributed by atoms with Crippen molar-refractivity contribution in [2.45, 2.75) is 6.54 Å². The van der Waals surface area contributed by atoms with E-state index in [0.717, 1.165) is 27.4 Å². The largest absolute Gasteiger partial charge is 0.359 e. The number of nitrogens with zero attached hydrogens (tertiary/aromatic N) is 3. The van der Waals surface area contributed by atoms with Crippen molar-refractivity contribution in [2.75, 3.05) is 6.54 Å². The topological polar surface area (TPSA) is 108 Å². The smallest absolute Gasteiger partial charge is 0.331 e. The second-order valence-electron chi connectivity index (χ2n) is 6.86. The summed E-state index contributed by atoms with van der Waals surface area (Å²) in [7, 11) is 0. The number of imidazole rings is 1. The Labute approximate surface area is 165 Å². The molecule has 0 unspecified atom stereocenters. The average molecular weight is 382 g/mol. The van der Waals surface area contributed by atoms with Crippen molar-refractivity contribution in [1.82, 2.24) is 19.1 Å². The maximum Gasteiger partial charge on any atom is 0.331 e. The van der Waals surface area contributed by atoms with E-state index in [2.05, 4.69) is 20.6 Å². The van der Waals surface area contributed by atoms with Gasteiger partial charge in [-0.3, -0.25) is 9.55 Å². The SMILES string of the molecule is N#Cc1[nH]c(=O)n(-c2c[nH]c3ccccc23)c1-c1cn(CCN)c2ccccc12. The molecular formula is C22H18N6O. The number of nitrogens with one attached hydrogen (secondary N) is 2. The van der Waals surface area contributed by atoms with Crippen LogP contribution in [-0.2, 0) is 6.54 Å². The normalized spacial score (nSPS) is 11.3. The fourth-order valence-electron chi connectivity index (χ4n) is 4.00. The van der Waals surface area contributed by atoms with Crippen molar-refractivity contribution in [1.29, 1.82) is 5.26 Å². The molecule has 5 rings (SSSR count). The predicted molar refractivity (Wildman–Crippen MR) is 113 cm³/mol. The summed E-state index contributed by atoms with van der Waals surface area (Å²) in [5.74, 6) is 0. The Kier molecular flexibility index (Phi) is 3.86. The van der Waals surface area contributed by atoms with Crippen LogP contribution >= 0.6 is 0 Å². The van der Waals surface area contributed by atoms with Gasteiger partial charge in [0.05, 0.1) is 11.4 Å². The zero-order valence-corrected chi connectivity index (χ0v) is 15.5. The first-order valence-electron chi connectivity index (χ1n) is 9.33. The third kappa shape index (κ3) is 2.51. The Morgan fingerprint density at radius 2 is 1.83 bits per heavy atom. The van der Waals surface area contributed by atoms with Gasteiger partial charge in [0, 0.05) is 52.9 Å². The molecule has 0 saturated carbocycles. The van der Waals surface area contributed by atoms with Gasteiger partial charge in [0.2, 0.25) is 0 Å². The summed E-state index contributed by atoms with van der Waals surface area (Å²) in [4.78, 5) is 18.8. The number of aromatic amines is 2. The molecule has 2 aromatic carbocycles. The van der Waals surface area contributed by atoms with Gasteiger partial charge in [-0.2, -0.15) is 5.26 Å². The molecule has 0 fully saturated rings. The Morgan fingerprint density at radius 1 is 1.07 bits per heavy atom. The first-order chi connectivity index (χ1) is 14.2. The highest BCUT2D eigenvalue weighted by atomic mass is 16.1. The zero-order valence-electron chi connectivity index (χ0n) is 15.5. The number of aromatic nitrogens is 4. The Morgan fingerprint density at radius 3 is 2.62 bits per heavy atom. The van der Waals surface area contributed by atoms with E-state index in [0.29, 0.717) is 24.5 Å². The van der Waals surface area contributed by atoms with Crippen LogP contribution in [0, 0.1) is 11.3 Å². The van der Waals surface area contributed by atoms with Gasteiger partial charge in [-0.05, 0) is 12.1 Å². The van der Waals surface area contributed by atoms with Crippen LogP contribution in [0.25, 0.3) is 38.8 Å². The Balaban J connectivity index is 1.87. The lowest BCUT2D eigenvalue weighted by Gasteiger charge is -2.06. The number of hydrogen-bond acceptors (Lipinski definition) is 3. The zero-order chi connectivity index (χ0) is 20.0. The molecule has 0 amide bonds. The summed E-state index contributed by atoms with van der Waals surface area (Å²) >= 11 is 0. The second-order valence-corrected chi connectivity index (χ2v) is 6.86. The monoisotopic (exact) mass is 382 g/mol. The fourth-order valence-corrected chi connectivity index (χ4v) is 4.00. The molecule has 29 heavy (non-hydrogen) atoms. The number of H-pyrrole nitrogens is 2. The lowest BCUT2D eigenvalue weighted by molar-refractivity contribution is 0.735. The number of benzene rings is 2. The van der Waals surface area contributed by atoms with E-state index in [9.17, 15) is 10.1 Å². The molecule has 0 bridgehead atoms. The van der Waals surface area contributed by atoms with Crippen molar-refractivity contribution in [2.24, 2.45) is 5.73 Å². The van der Waals surface area contributed by atoms with E-state index in [-0.39, 0.29) is 11.4 Å². The minimum atomic E-state index is -0.350. The van der Waals surface area contributed by atoms with E-state index >= 15 is 0 Å². The molecule has 7 heteroatoms. The van der Waals surface area contributed by atoms with Gasteiger partial charge in [-0.1, -0.05) is 36.4 Å². The van der Waals surface area contributed by atoms with Crippen LogP contribution in [-0.4, -0.2) is 25.6 Å². The van der Waals surface area contributed by atoms with Crippen LogP contribution in [0.4, 0.5) is 0 Å². The van der Waals surface area contributed by atoms with Crippen LogP contribution in [0.1, 0.15) is 5.69 Å². The summed E-state index contributed by atoms with van der Waals surface area (Å²) in [6.07, 6.45) is 3.76. The molecule has 0 aliphatic heterocycles. The number of rotatable bonds is 4. The fraction of sp³-hybridized carbons (Fsp3) is 0.0909. The van der Waals surface area contributed by atoms with Gasteiger partial charge in [0.1, 0.15) is 11.8 Å². The molecule has 4 N–H and O–H groups in total. The minimum absolute atomic E-state index is 0.232. The molecule has 3 aromatic heterocycles. The lowest BCUT2D eigenvalue weighted by atomic mass is 10.1. The second kappa shape index (κ2) is 6.55. The molecule has 0 radical (unpaired) electrons. The Hall–Kier alpha value is -4.02. The van der Waals surface area contributed by atoms with Crippen LogP contribution in [0.15, 0.2) is 65.7 Å². The van der Waals surface area contributed by atoms with E-state index in [1.807, 2.05) is 54.7 Å². The summed E-state index contributed by atoms with van der Waals surface area (Å²) in [6.45, 7) is 1.13. The molecule has 7 nitrogen and oxygen atoms in total. The van der Waals surface area contributed by atoms with Crippen molar-refractivity contribution in [3.63, 3.8) is 0 Å². The molecular weight excluding hydrogens is 364 g/mol. The number of hydrogen-bond donors (Lipinski definition) is 3. The van der Waals surface area contributed by atoms with Gasteiger partial charge >= 0.3 is 5.69 Å². The lowest BCUT2D eigenvalue weighted by Crippen LogP contribution is -2.15. The first-order valence-corrected chi connectivity index (χ1v) is 9.33. The van der Waals surface area contributed by atoms with E-state index in [1.165, 1.54) is 0 Å². The number of nitriles is 1. The van der Waals surface area contributed by atoms with Crippen molar-refractivity contribution < 1.29 is 0 Å². The molecule has 142 valence electrons. The molecule has 0 aliphatic rings. The number of para-hydroxylation sites is 2. The third-order valence-corrected chi connectivity index (χ3v) is 5.23. The van der Waals surface area contributed by atoms with E-state index in [1.54, 1.807) is 10.8 Å². The van der Waals surface area contributed by atoms with Crippen LogP contribution in [0.5, 0.6) is 0 Å². The maximum absolute atomic E-state index is 12.9. The van der Waals surface area contributed by atoms with Gasteiger partial charge in [0.15, 0.2) is 0 Å². The summed E-state index contributed by atoms with van der Waals surface area (Å²) in [5, 5.41) is 11.6. The maximum atomic E-state index is 12.9. The van der Waals surface area contributed by atoms with Gasteiger partial charge in [-0.15, -0.1) is 0 Å². The highest BCUT2D eigenvalue weighted by molar-refractivity contribution is 5.97. The molecule has 0 atom stereocenters. The van der Waals surface area contributed by atoms with E-state index < -0.39 is 0 Å². The van der Waals surface area contributed by atoms with Gasteiger partial charge in [-0.25, -0.2) is 4.79 Å². The minimum Gasteiger partial charge on any atom is -0.359 e.